The lowest BCUT2D eigenvalue weighted by molar-refractivity contribution is -0.146. The summed E-state index contributed by atoms with van der Waals surface area (Å²) in [6.07, 6.45) is 3.30. The van der Waals surface area contributed by atoms with E-state index in [9.17, 15) is 9.59 Å². The second-order valence-electron chi connectivity index (χ2n) is 5.85. The minimum absolute atomic E-state index is 0.0707. The number of hydrogen-bond donors (Lipinski definition) is 0. The van der Waals surface area contributed by atoms with E-state index in [1.165, 1.54) is 0 Å². The molecule has 0 heterocycles. The molecule has 4 nitrogen and oxygen atoms in total. The number of carbonyl (C=O) groups excluding carboxylic acids is 2. The van der Waals surface area contributed by atoms with Gasteiger partial charge in [-0.2, -0.15) is 0 Å². The van der Waals surface area contributed by atoms with E-state index >= 15 is 0 Å². The van der Waals surface area contributed by atoms with Crippen molar-refractivity contribution in [2.45, 2.75) is 19.3 Å². The Balaban J connectivity index is 2.23. The van der Waals surface area contributed by atoms with E-state index in [0.29, 0.717) is 11.8 Å². The molecule has 2 aliphatic carbocycles. The highest BCUT2D eigenvalue weighted by molar-refractivity contribution is 5.88. The molecule has 4 heteroatoms. The van der Waals surface area contributed by atoms with E-state index in [1.807, 2.05) is 0 Å². The summed E-state index contributed by atoms with van der Waals surface area (Å²) in [6.45, 7) is 0. The van der Waals surface area contributed by atoms with Gasteiger partial charge >= 0.3 is 0 Å². The summed E-state index contributed by atoms with van der Waals surface area (Å²) in [6, 6.07) is 0. The van der Waals surface area contributed by atoms with Gasteiger partial charge in [-0.3, -0.25) is 9.59 Å². The Bertz CT molecular complexity index is 306. The van der Waals surface area contributed by atoms with Crippen LogP contribution < -0.4 is 0 Å². The van der Waals surface area contributed by atoms with Gasteiger partial charge in [0, 0.05) is 28.2 Å². The predicted molar refractivity (Wildman–Crippen MR) is 65.2 cm³/mol. The van der Waals surface area contributed by atoms with Crippen LogP contribution in [0.5, 0.6) is 0 Å². The minimum atomic E-state index is -0.0707. The summed E-state index contributed by atoms with van der Waals surface area (Å²) in [4.78, 5) is 27.7. The number of fused-ring (bicyclic) bond motifs is 2. The summed E-state index contributed by atoms with van der Waals surface area (Å²) >= 11 is 0. The van der Waals surface area contributed by atoms with Crippen molar-refractivity contribution in [3.8, 4) is 0 Å². The normalized spacial score (nSPS) is 34.8. The molecular weight excluding hydrogens is 216 g/mol. The molecule has 4 atom stereocenters. The Kier molecular flexibility index (Phi) is 3.15. The fourth-order valence-electron chi connectivity index (χ4n) is 3.60. The highest BCUT2D eigenvalue weighted by Crippen LogP contribution is 2.53. The smallest absolute Gasteiger partial charge is 0.226 e. The molecule has 0 saturated heterocycles. The average molecular weight is 238 g/mol. The Morgan fingerprint density at radius 3 is 1.47 bits per heavy atom. The molecule has 0 aromatic rings. The van der Waals surface area contributed by atoms with Crippen LogP contribution in [0.3, 0.4) is 0 Å². The molecule has 2 amide bonds. The molecular formula is C13H22N2O2. The zero-order valence-electron chi connectivity index (χ0n) is 11.1. The minimum Gasteiger partial charge on any atom is -0.349 e. The van der Waals surface area contributed by atoms with Crippen LogP contribution in [0.25, 0.3) is 0 Å². The van der Waals surface area contributed by atoms with E-state index in [4.69, 9.17) is 0 Å². The van der Waals surface area contributed by atoms with Crippen molar-refractivity contribution in [1.29, 1.82) is 0 Å². The molecule has 0 aliphatic heterocycles. The summed E-state index contributed by atoms with van der Waals surface area (Å²) < 4.78 is 0. The van der Waals surface area contributed by atoms with Crippen molar-refractivity contribution in [3.05, 3.63) is 0 Å². The van der Waals surface area contributed by atoms with E-state index in [0.717, 1.165) is 19.3 Å². The van der Waals surface area contributed by atoms with Crippen LogP contribution >= 0.6 is 0 Å². The molecule has 0 aromatic heterocycles. The lowest BCUT2D eigenvalue weighted by Gasteiger charge is -2.32. The van der Waals surface area contributed by atoms with Gasteiger partial charge < -0.3 is 9.80 Å². The third-order valence-electron chi connectivity index (χ3n) is 4.37. The van der Waals surface area contributed by atoms with Gasteiger partial charge in [0.1, 0.15) is 0 Å². The fourth-order valence-corrected chi connectivity index (χ4v) is 3.60. The maximum atomic E-state index is 12.2. The molecule has 0 N–H and O–H groups in total. The molecule has 0 spiro atoms. The topological polar surface area (TPSA) is 40.6 Å². The third kappa shape index (κ3) is 1.94. The standard InChI is InChI=1S/C13H22N2O2/c1-14(2)12(16)10-8-5-6-9(7-8)11(10)13(17)15(3)4/h8-11H,5-7H2,1-4H3/t8-,9+,10-,11-/m0/s1. The molecule has 2 aliphatic rings. The Hall–Kier alpha value is -1.06. The van der Waals surface area contributed by atoms with Crippen molar-refractivity contribution in [3.63, 3.8) is 0 Å². The van der Waals surface area contributed by atoms with E-state index < -0.39 is 0 Å². The van der Waals surface area contributed by atoms with Gasteiger partial charge in [-0.1, -0.05) is 0 Å². The van der Waals surface area contributed by atoms with Crippen molar-refractivity contribution in [2.24, 2.45) is 23.7 Å². The number of amides is 2. The SMILES string of the molecule is CN(C)C(=O)[C@H]1[C@@H]2CC[C@@H](C2)[C@@H]1C(=O)N(C)C. The van der Waals surface area contributed by atoms with Crippen molar-refractivity contribution >= 4 is 11.8 Å². The average Bonchev–Trinajstić information content (AvgIpc) is 2.85. The summed E-state index contributed by atoms with van der Waals surface area (Å²) in [5.41, 5.74) is 0. The van der Waals surface area contributed by atoms with Crippen LogP contribution in [0.2, 0.25) is 0 Å². The van der Waals surface area contributed by atoms with E-state index in [-0.39, 0.29) is 23.7 Å². The molecule has 2 fully saturated rings. The number of hydrogen-bond acceptors (Lipinski definition) is 2. The summed E-state index contributed by atoms with van der Waals surface area (Å²) in [5, 5.41) is 0. The lowest BCUT2D eigenvalue weighted by Crippen LogP contribution is -2.44. The molecule has 0 unspecified atom stereocenters. The van der Waals surface area contributed by atoms with Crippen LogP contribution in [0.15, 0.2) is 0 Å². The second kappa shape index (κ2) is 4.31. The monoisotopic (exact) mass is 238 g/mol. The Morgan fingerprint density at radius 1 is 0.824 bits per heavy atom. The van der Waals surface area contributed by atoms with Gasteiger partial charge in [0.15, 0.2) is 0 Å². The van der Waals surface area contributed by atoms with Crippen LogP contribution in [-0.2, 0) is 9.59 Å². The summed E-state index contributed by atoms with van der Waals surface area (Å²) in [7, 11) is 7.13. The summed E-state index contributed by atoms with van der Waals surface area (Å²) in [5.74, 6) is 1.000. The van der Waals surface area contributed by atoms with Crippen molar-refractivity contribution in [1.82, 2.24) is 9.80 Å². The van der Waals surface area contributed by atoms with Gasteiger partial charge in [0.05, 0.1) is 11.8 Å². The van der Waals surface area contributed by atoms with E-state index in [2.05, 4.69) is 0 Å². The van der Waals surface area contributed by atoms with Crippen LogP contribution in [0, 0.1) is 23.7 Å². The fraction of sp³-hybridized carbons (Fsp3) is 0.846. The van der Waals surface area contributed by atoms with Gasteiger partial charge in [0.2, 0.25) is 11.8 Å². The first-order chi connectivity index (χ1) is 7.93. The molecule has 2 bridgehead atoms. The predicted octanol–water partition coefficient (Wildman–Crippen LogP) is 0.825. The van der Waals surface area contributed by atoms with Crippen LogP contribution in [0.1, 0.15) is 19.3 Å². The van der Waals surface area contributed by atoms with Crippen molar-refractivity contribution < 1.29 is 9.59 Å². The van der Waals surface area contributed by atoms with Crippen molar-refractivity contribution in [2.75, 3.05) is 28.2 Å². The van der Waals surface area contributed by atoms with Gasteiger partial charge in [-0.25, -0.2) is 0 Å². The highest BCUT2D eigenvalue weighted by Gasteiger charge is 2.54. The maximum absolute atomic E-state index is 12.2. The zero-order valence-corrected chi connectivity index (χ0v) is 11.1. The first kappa shape index (κ1) is 12.4. The Labute approximate surface area is 103 Å². The first-order valence-electron chi connectivity index (χ1n) is 6.35. The maximum Gasteiger partial charge on any atom is 0.226 e. The van der Waals surface area contributed by atoms with Gasteiger partial charge in [-0.15, -0.1) is 0 Å². The van der Waals surface area contributed by atoms with Crippen LogP contribution in [-0.4, -0.2) is 49.8 Å². The first-order valence-corrected chi connectivity index (χ1v) is 6.35. The molecule has 2 saturated carbocycles. The quantitative estimate of drug-likeness (QED) is 0.715. The molecule has 17 heavy (non-hydrogen) atoms. The lowest BCUT2D eigenvalue weighted by atomic mass is 9.77. The largest absolute Gasteiger partial charge is 0.349 e. The number of carbonyl (C=O) groups is 2. The zero-order chi connectivity index (χ0) is 12.7. The number of rotatable bonds is 2. The molecule has 96 valence electrons. The molecule has 2 rings (SSSR count). The molecule has 0 radical (unpaired) electrons. The van der Waals surface area contributed by atoms with Gasteiger partial charge in [0.25, 0.3) is 0 Å². The second-order valence-corrected chi connectivity index (χ2v) is 5.85. The number of nitrogens with zero attached hydrogens (tertiary/aromatic N) is 2. The highest BCUT2D eigenvalue weighted by atomic mass is 16.2. The van der Waals surface area contributed by atoms with Gasteiger partial charge in [-0.05, 0) is 31.1 Å². The Morgan fingerprint density at radius 2 is 1.18 bits per heavy atom. The van der Waals surface area contributed by atoms with E-state index in [1.54, 1.807) is 38.0 Å². The van der Waals surface area contributed by atoms with Crippen LogP contribution in [0.4, 0.5) is 0 Å². The molecule has 0 aromatic carbocycles. The third-order valence-corrected chi connectivity index (χ3v) is 4.37.